The van der Waals surface area contributed by atoms with Crippen LogP contribution >= 0.6 is 11.8 Å². The van der Waals surface area contributed by atoms with E-state index in [1.54, 1.807) is 11.8 Å². The van der Waals surface area contributed by atoms with Crippen molar-refractivity contribution in [1.82, 2.24) is 0 Å². The van der Waals surface area contributed by atoms with Crippen LogP contribution in [0.1, 0.15) is 29.2 Å². The molecule has 1 rings (SSSR count). The third-order valence-electron chi connectivity index (χ3n) is 3.29. The summed E-state index contributed by atoms with van der Waals surface area (Å²) in [6.45, 7) is 12.3. The van der Waals surface area contributed by atoms with Gasteiger partial charge >= 0.3 is 0 Å². The van der Waals surface area contributed by atoms with Gasteiger partial charge in [0.05, 0.1) is 5.04 Å². The van der Waals surface area contributed by atoms with Crippen LogP contribution < -0.4 is 5.73 Å². The maximum atomic E-state index is 5.97. The summed E-state index contributed by atoms with van der Waals surface area (Å²) in [7, 11) is 0. The summed E-state index contributed by atoms with van der Waals surface area (Å²) in [5, 5.41) is 1.04. The third kappa shape index (κ3) is 3.39. The highest BCUT2D eigenvalue weighted by Crippen LogP contribution is 2.25. The van der Waals surface area contributed by atoms with Gasteiger partial charge < -0.3 is 5.73 Å². The summed E-state index contributed by atoms with van der Waals surface area (Å²) in [5.74, 6) is 0. The fourth-order valence-electron chi connectivity index (χ4n) is 1.95. The van der Waals surface area contributed by atoms with Crippen molar-refractivity contribution in [3.63, 3.8) is 0 Å². The molecule has 2 N–H and O–H groups in total. The van der Waals surface area contributed by atoms with E-state index in [0.717, 1.165) is 28.4 Å². The lowest BCUT2D eigenvalue weighted by molar-refractivity contribution is 1.06. The molecule has 2 nitrogen and oxygen atoms in total. The van der Waals surface area contributed by atoms with E-state index in [0.29, 0.717) is 0 Å². The van der Waals surface area contributed by atoms with Crippen LogP contribution in [0.5, 0.6) is 0 Å². The zero-order valence-electron chi connectivity index (χ0n) is 11.9. The van der Waals surface area contributed by atoms with Crippen LogP contribution in [0.2, 0.25) is 0 Å². The summed E-state index contributed by atoms with van der Waals surface area (Å²) < 4.78 is 0. The molecule has 1 aromatic rings. The SMILES string of the molecule is C=C(Cc1c(C)cc(N)c(C)c1C)N=C(C)SC. The number of allylic oxidation sites excluding steroid dienone is 1. The zero-order chi connectivity index (χ0) is 13.9. The Bertz CT molecular complexity index is 502. The number of nitrogens with zero attached hydrogens (tertiary/aromatic N) is 1. The fourth-order valence-corrected chi connectivity index (χ4v) is 2.17. The van der Waals surface area contributed by atoms with Gasteiger partial charge in [-0.05, 0) is 62.3 Å². The van der Waals surface area contributed by atoms with E-state index < -0.39 is 0 Å². The molecule has 0 radical (unpaired) electrons. The molecule has 0 aliphatic carbocycles. The first-order valence-corrected chi connectivity index (χ1v) is 7.21. The molecule has 0 aliphatic rings. The van der Waals surface area contributed by atoms with Crippen LogP contribution in [0.3, 0.4) is 0 Å². The first kappa shape index (κ1) is 14.8. The minimum Gasteiger partial charge on any atom is -0.398 e. The summed E-state index contributed by atoms with van der Waals surface area (Å²) in [5.41, 5.74) is 12.7. The number of aliphatic imine (C=N–C) groups is 1. The van der Waals surface area contributed by atoms with Crippen LogP contribution in [0, 0.1) is 20.8 Å². The molecule has 0 atom stereocenters. The largest absolute Gasteiger partial charge is 0.398 e. The van der Waals surface area contributed by atoms with Crippen molar-refractivity contribution in [2.75, 3.05) is 12.0 Å². The fraction of sp³-hybridized carbons (Fsp3) is 0.400. The van der Waals surface area contributed by atoms with Crippen molar-refractivity contribution in [3.05, 3.63) is 40.6 Å². The lowest BCUT2D eigenvalue weighted by Gasteiger charge is -2.14. The molecule has 0 aliphatic heterocycles. The number of thioether (sulfide) groups is 1. The molecule has 0 aromatic heterocycles. The second kappa shape index (κ2) is 6.10. The van der Waals surface area contributed by atoms with E-state index in [1.165, 1.54) is 16.7 Å². The molecular formula is C15H22N2S. The number of anilines is 1. The normalized spacial score (nSPS) is 11.7. The molecule has 0 spiro atoms. The Morgan fingerprint density at radius 3 is 2.50 bits per heavy atom. The van der Waals surface area contributed by atoms with Crippen molar-refractivity contribution < 1.29 is 0 Å². The van der Waals surface area contributed by atoms with E-state index in [1.807, 2.05) is 19.2 Å². The van der Waals surface area contributed by atoms with Gasteiger partial charge in [-0.3, -0.25) is 4.99 Å². The Balaban J connectivity index is 3.06. The Hall–Kier alpha value is -1.22. The Morgan fingerprint density at radius 1 is 1.33 bits per heavy atom. The van der Waals surface area contributed by atoms with Gasteiger partial charge in [0, 0.05) is 17.8 Å². The molecule has 18 heavy (non-hydrogen) atoms. The first-order valence-electron chi connectivity index (χ1n) is 5.99. The lowest BCUT2D eigenvalue weighted by Crippen LogP contribution is -2.02. The molecule has 0 unspecified atom stereocenters. The van der Waals surface area contributed by atoms with Crippen LogP contribution in [0.15, 0.2) is 23.3 Å². The van der Waals surface area contributed by atoms with E-state index in [2.05, 4.69) is 32.3 Å². The van der Waals surface area contributed by atoms with E-state index in [9.17, 15) is 0 Å². The Morgan fingerprint density at radius 2 is 1.94 bits per heavy atom. The van der Waals surface area contributed by atoms with Gasteiger partial charge in [0.25, 0.3) is 0 Å². The number of benzene rings is 1. The van der Waals surface area contributed by atoms with Gasteiger partial charge in [0.15, 0.2) is 0 Å². The van der Waals surface area contributed by atoms with Crippen molar-refractivity contribution in [2.45, 2.75) is 34.1 Å². The average Bonchev–Trinajstić information content (AvgIpc) is 2.31. The smallest absolute Gasteiger partial charge is 0.0700 e. The number of hydrogen-bond donors (Lipinski definition) is 1. The number of nitrogen functional groups attached to an aromatic ring is 1. The van der Waals surface area contributed by atoms with E-state index in [4.69, 9.17) is 5.73 Å². The number of nitrogens with two attached hydrogens (primary N) is 1. The zero-order valence-corrected chi connectivity index (χ0v) is 12.7. The molecule has 0 amide bonds. The summed E-state index contributed by atoms with van der Waals surface area (Å²) >= 11 is 1.65. The van der Waals surface area contributed by atoms with Crippen molar-refractivity contribution in [1.29, 1.82) is 0 Å². The number of rotatable bonds is 3. The summed E-state index contributed by atoms with van der Waals surface area (Å²) in [6.07, 6.45) is 2.81. The van der Waals surface area contributed by atoms with Crippen molar-refractivity contribution in [3.8, 4) is 0 Å². The quantitative estimate of drug-likeness (QED) is 0.507. The van der Waals surface area contributed by atoms with Gasteiger partial charge in [0.1, 0.15) is 0 Å². The van der Waals surface area contributed by atoms with Crippen LogP contribution in [0.25, 0.3) is 0 Å². The maximum Gasteiger partial charge on any atom is 0.0700 e. The lowest BCUT2D eigenvalue weighted by atomic mass is 9.94. The molecule has 0 saturated heterocycles. The topological polar surface area (TPSA) is 38.4 Å². The van der Waals surface area contributed by atoms with Gasteiger partial charge in [-0.15, -0.1) is 11.8 Å². The molecule has 98 valence electrons. The van der Waals surface area contributed by atoms with E-state index >= 15 is 0 Å². The van der Waals surface area contributed by atoms with Gasteiger partial charge in [-0.1, -0.05) is 6.58 Å². The standard InChI is InChI=1S/C15H22N2S/c1-9-7-15(16)12(4)11(3)14(9)8-10(2)17-13(5)18-6/h7H,2,8,16H2,1,3-6H3. The first-order chi connectivity index (χ1) is 8.36. The minimum absolute atomic E-state index is 0.788. The maximum absolute atomic E-state index is 5.97. The number of aryl methyl sites for hydroxylation is 1. The molecule has 0 fully saturated rings. The minimum atomic E-state index is 0.788. The Labute approximate surface area is 114 Å². The monoisotopic (exact) mass is 262 g/mol. The second-order valence-corrected chi connectivity index (χ2v) is 5.59. The predicted molar refractivity (Wildman–Crippen MR) is 84.5 cm³/mol. The van der Waals surface area contributed by atoms with Crippen LogP contribution in [0.4, 0.5) is 5.69 Å². The summed E-state index contributed by atoms with van der Waals surface area (Å²) in [4.78, 5) is 4.48. The molecule has 0 bridgehead atoms. The van der Waals surface area contributed by atoms with Crippen molar-refractivity contribution in [2.24, 2.45) is 4.99 Å². The molecule has 1 aromatic carbocycles. The highest BCUT2D eigenvalue weighted by Gasteiger charge is 2.09. The van der Waals surface area contributed by atoms with Gasteiger partial charge in [-0.25, -0.2) is 0 Å². The van der Waals surface area contributed by atoms with Crippen molar-refractivity contribution >= 4 is 22.5 Å². The van der Waals surface area contributed by atoms with Gasteiger partial charge in [0.2, 0.25) is 0 Å². The molecule has 0 saturated carbocycles. The molecule has 3 heteroatoms. The summed E-state index contributed by atoms with van der Waals surface area (Å²) in [6, 6.07) is 2.04. The number of hydrogen-bond acceptors (Lipinski definition) is 3. The highest BCUT2D eigenvalue weighted by atomic mass is 32.2. The van der Waals surface area contributed by atoms with E-state index in [-0.39, 0.29) is 0 Å². The van der Waals surface area contributed by atoms with Crippen LogP contribution in [-0.4, -0.2) is 11.3 Å². The van der Waals surface area contributed by atoms with Gasteiger partial charge in [-0.2, -0.15) is 0 Å². The predicted octanol–water partition coefficient (Wildman–Crippen LogP) is 4.03. The molecule has 0 heterocycles. The Kier molecular flexibility index (Phi) is 5.03. The molecular weight excluding hydrogens is 240 g/mol. The third-order valence-corrected chi connectivity index (χ3v) is 3.97. The average molecular weight is 262 g/mol. The van der Waals surface area contributed by atoms with Crippen LogP contribution in [-0.2, 0) is 6.42 Å². The highest BCUT2D eigenvalue weighted by molar-refractivity contribution is 8.13. The second-order valence-electron chi connectivity index (χ2n) is 4.59.